The average molecular weight is 301 g/mol. The number of ether oxygens (including phenoxy) is 1. The first kappa shape index (κ1) is 15.4. The summed E-state index contributed by atoms with van der Waals surface area (Å²) in [4.78, 5) is 25.8. The van der Waals surface area contributed by atoms with Crippen LogP contribution in [0.2, 0.25) is 0 Å². The Hall–Kier alpha value is -2.96. The summed E-state index contributed by atoms with van der Waals surface area (Å²) in [6.07, 6.45) is 3.32. The molecule has 2 rings (SSSR count). The molecule has 0 aliphatic carbocycles. The van der Waals surface area contributed by atoms with E-state index in [1.807, 2.05) is 19.1 Å². The largest absolute Gasteiger partial charge is 0.484 e. The standard InChI is InChI=1S/C15H15N3O4/c1-11(12-6-8-16-9-7-12)17-15(19)10-22-14-4-2-13(3-5-14)18(20)21/h2-9,11H,10H2,1H3,(H,17,19). The van der Waals surface area contributed by atoms with Crippen molar-refractivity contribution in [1.29, 1.82) is 0 Å². The molecule has 7 nitrogen and oxygen atoms in total. The van der Waals surface area contributed by atoms with Crippen molar-refractivity contribution in [2.75, 3.05) is 6.61 Å². The van der Waals surface area contributed by atoms with E-state index in [-0.39, 0.29) is 24.2 Å². The Bertz CT molecular complexity index is 644. The summed E-state index contributed by atoms with van der Waals surface area (Å²) in [6.45, 7) is 1.70. The molecule has 1 atom stereocenters. The quantitative estimate of drug-likeness (QED) is 0.652. The smallest absolute Gasteiger partial charge is 0.269 e. The van der Waals surface area contributed by atoms with Crippen molar-refractivity contribution in [3.63, 3.8) is 0 Å². The lowest BCUT2D eigenvalue weighted by molar-refractivity contribution is -0.384. The molecule has 0 saturated carbocycles. The normalized spacial score (nSPS) is 11.5. The first-order valence-electron chi connectivity index (χ1n) is 6.63. The van der Waals surface area contributed by atoms with Crippen LogP contribution in [0.3, 0.4) is 0 Å². The third-order valence-corrected chi connectivity index (χ3v) is 3.00. The third kappa shape index (κ3) is 4.27. The number of benzene rings is 1. The lowest BCUT2D eigenvalue weighted by Gasteiger charge is -2.14. The summed E-state index contributed by atoms with van der Waals surface area (Å²) < 4.78 is 5.29. The van der Waals surface area contributed by atoms with Crippen LogP contribution in [0.1, 0.15) is 18.5 Å². The number of nitrogens with one attached hydrogen (secondary N) is 1. The SMILES string of the molecule is CC(NC(=O)COc1ccc([N+](=O)[O-])cc1)c1ccncc1. The van der Waals surface area contributed by atoms with Gasteiger partial charge in [-0.1, -0.05) is 0 Å². The monoisotopic (exact) mass is 301 g/mol. The maximum Gasteiger partial charge on any atom is 0.269 e. The molecule has 114 valence electrons. The number of aromatic nitrogens is 1. The first-order chi connectivity index (χ1) is 10.6. The molecule has 2 aromatic rings. The van der Waals surface area contributed by atoms with Crippen molar-refractivity contribution in [3.8, 4) is 5.75 Å². The van der Waals surface area contributed by atoms with Crippen LogP contribution in [0.15, 0.2) is 48.8 Å². The van der Waals surface area contributed by atoms with Crippen LogP contribution in [0.5, 0.6) is 5.75 Å². The topological polar surface area (TPSA) is 94.4 Å². The molecule has 0 aliphatic rings. The molecule has 22 heavy (non-hydrogen) atoms. The van der Waals surface area contributed by atoms with Gasteiger partial charge in [0.15, 0.2) is 6.61 Å². The first-order valence-corrected chi connectivity index (χ1v) is 6.63. The lowest BCUT2D eigenvalue weighted by Crippen LogP contribution is -2.31. The fourth-order valence-corrected chi connectivity index (χ4v) is 1.83. The molecule has 1 heterocycles. The minimum atomic E-state index is -0.493. The van der Waals surface area contributed by atoms with Gasteiger partial charge in [-0.2, -0.15) is 0 Å². The van der Waals surface area contributed by atoms with Crippen molar-refractivity contribution in [2.24, 2.45) is 0 Å². The molecule has 0 fully saturated rings. The molecule has 1 N–H and O–H groups in total. The number of nitrogens with zero attached hydrogens (tertiary/aromatic N) is 2. The number of carbonyl (C=O) groups is 1. The van der Waals surface area contributed by atoms with Gasteiger partial charge in [0.25, 0.3) is 11.6 Å². The van der Waals surface area contributed by atoms with Crippen LogP contribution < -0.4 is 10.1 Å². The van der Waals surface area contributed by atoms with Crippen LogP contribution in [-0.4, -0.2) is 22.4 Å². The molecule has 0 saturated heterocycles. The fraction of sp³-hybridized carbons (Fsp3) is 0.200. The summed E-state index contributed by atoms with van der Waals surface area (Å²) in [7, 11) is 0. The molecule has 1 aromatic heterocycles. The zero-order chi connectivity index (χ0) is 15.9. The Labute approximate surface area is 127 Å². The van der Waals surface area contributed by atoms with E-state index in [2.05, 4.69) is 10.3 Å². The average Bonchev–Trinajstić information content (AvgIpc) is 2.54. The highest BCUT2D eigenvalue weighted by molar-refractivity contribution is 5.78. The predicted octanol–water partition coefficient (Wildman–Crippen LogP) is 2.25. The molecular weight excluding hydrogens is 286 g/mol. The highest BCUT2D eigenvalue weighted by Gasteiger charge is 2.10. The van der Waals surface area contributed by atoms with E-state index in [9.17, 15) is 14.9 Å². The van der Waals surface area contributed by atoms with E-state index in [4.69, 9.17) is 4.74 Å². The van der Waals surface area contributed by atoms with Crippen LogP contribution >= 0.6 is 0 Å². The second kappa shape index (κ2) is 7.16. The van der Waals surface area contributed by atoms with Gasteiger partial charge in [-0.25, -0.2) is 0 Å². The van der Waals surface area contributed by atoms with Crippen molar-refractivity contribution in [3.05, 3.63) is 64.5 Å². The number of nitro groups is 1. The number of pyridine rings is 1. The van der Waals surface area contributed by atoms with Crippen molar-refractivity contribution in [2.45, 2.75) is 13.0 Å². The summed E-state index contributed by atoms with van der Waals surface area (Å²) in [6, 6.07) is 9.05. The summed E-state index contributed by atoms with van der Waals surface area (Å²) >= 11 is 0. The number of hydrogen-bond acceptors (Lipinski definition) is 5. The molecular formula is C15H15N3O4. The molecule has 1 aromatic carbocycles. The van der Waals surface area contributed by atoms with Crippen LogP contribution in [0.4, 0.5) is 5.69 Å². The van der Waals surface area contributed by atoms with Gasteiger partial charge in [0.2, 0.25) is 0 Å². The fourth-order valence-electron chi connectivity index (χ4n) is 1.83. The number of nitro benzene ring substituents is 1. The summed E-state index contributed by atoms with van der Waals surface area (Å²) in [5, 5.41) is 13.3. The van der Waals surface area contributed by atoms with E-state index in [1.54, 1.807) is 12.4 Å². The van der Waals surface area contributed by atoms with E-state index >= 15 is 0 Å². The van der Waals surface area contributed by atoms with Gasteiger partial charge >= 0.3 is 0 Å². The lowest BCUT2D eigenvalue weighted by atomic mass is 10.1. The van der Waals surface area contributed by atoms with Crippen molar-refractivity contribution < 1.29 is 14.5 Å². The molecule has 0 spiro atoms. The van der Waals surface area contributed by atoms with Gasteiger partial charge in [0.1, 0.15) is 5.75 Å². The molecule has 7 heteroatoms. The van der Waals surface area contributed by atoms with Crippen LogP contribution in [0.25, 0.3) is 0 Å². The Kier molecular flexibility index (Phi) is 5.02. The molecule has 0 radical (unpaired) electrons. The van der Waals surface area contributed by atoms with Crippen molar-refractivity contribution >= 4 is 11.6 Å². The van der Waals surface area contributed by atoms with Gasteiger partial charge in [-0.15, -0.1) is 0 Å². The molecule has 1 amide bonds. The minimum absolute atomic E-state index is 0.0249. The van der Waals surface area contributed by atoms with Gasteiger partial charge < -0.3 is 10.1 Å². The van der Waals surface area contributed by atoms with Crippen LogP contribution in [-0.2, 0) is 4.79 Å². The van der Waals surface area contributed by atoms with Gasteiger partial charge in [-0.3, -0.25) is 19.9 Å². The summed E-state index contributed by atoms with van der Waals surface area (Å²) in [5.74, 6) is 0.125. The Morgan fingerprint density at radius 1 is 1.27 bits per heavy atom. The van der Waals surface area contributed by atoms with E-state index in [1.165, 1.54) is 24.3 Å². The van der Waals surface area contributed by atoms with E-state index in [0.717, 1.165) is 5.56 Å². The van der Waals surface area contributed by atoms with Gasteiger partial charge in [0, 0.05) is 24.5 Å². The Balaban J connectivity index is 1.83. The maximum absolute atomic E-state index is 11.8. The molecule has 0 bridgehead atoms. The minimum Gasteiger partial charge on any atom is -0.484 e. The zero-order valence-electron chi connectivity index (χ0n) is 11.9. The van der Waals surface area contributed by atoms with Crippen LogP contribution in [0, 0.1) is 10.1 Å². The van der Waals surface area contributed by atoms with E-state index in [0.29, 0.717) is 5.75 Å². The molecule has 0 aliphatic heterocycles. The van der Waals surface area contributed by atoms with Crippen molar-refractivity contribution in [1.82, 2.24) is 10.3 Å². The number of hydrogen-bond donors (Lipinski definition) is 1. The number of non-ortho nitro benzene ring substituents is 1. The third-order valence-electron chi connectivity index (χ3n) is 3.00. The number of rotatable bonds is 6. The maximum atomic E-state index is 11.8. The van der Waals surface area contributed by atoms with Gasteiger partial charge in [-0.05, 0) is 36.8 Å². The van der Waals surface area contributed by atoms with Gasteiger partial charge in [0.05, 0.1) is 11.0 Å². The summed E-state index contributed by atoms with van der Waals surface area (Å²) in [5.41, 5.74) is 0.918. The second-order valence-corrected chi connectivity index (χ2v) is 4.61. The van der Waals surface area contributed by atoms with E-state index < -0.39 is 4.92 Å². The zero-order valence-corrected chi connectivity index (χ0v) is 11.9. The second-order valence-electron chi connectivity index (χ2n) is 4.61. The predicted molar refractivity (Wildman–Crippen MR) is 79.4 cm³/mol. The highest BCUT2D eigenvalue weighted by Crippen LogP contribution is 2.17. The molecule has 1 unspecified atom stereocenters. The number of carbonyl (C=O) groups excluding carboxylic acids is 1. The highest BCUT2D eigenvalue weighted by atomic mass is 16.6. The Morgan fingerprint density at radius 2 is 1.91 bits per heavy atom. The Morgan fingerprint density at radius 3 is 2.50 bits per heavy atom. The number of amides is 1.